The van der Waals surface area contributed by atoms with Crippen LogP contribution in [0.3, 0.4) is 0 Å². The fourth-order valence-electron chi connectivity index (χ4n) is 1.40. The number of halogens is 2. The number of hydrogen-bond donors (Lipinski definition) is 0. The number of benzene rings is 1. The highest BCUT2D eigenvalue weighted by Crippen LogP contribution is 2.21. The van der Waals surface area contributed by atoms with Gasteiger partial charge < -0.3 is 18.9 Å². The number of ether oxygens (including phenoxy) is 4. The first kappa shape index (κ1) is 17.9. The molecule has 114 valence electrons. The monoisotopic (exact) mass is 366 g/mol. The topological polar surface area (TPSA) is 36.9 Å². The van der Waals surface area contributed by atoms with Gasteiger partial charge in [-0.1, -0.05) is 33.6 Å². The molecule has 20 heavy (non-hydrogen) atoms. The van der Waals surface area contributed by atoms with Crippen molar-refractivity contribution in [1.29, 1.82) is 0 Å². The summed E-state index contributed by atoms with van der Waals surface area (Å²) in [7, 11) is 1.65. The smallest absolute Gasteiger partial charge is 0.0732 e. The Morgan fingerprint density at radius 3 is 2.15 bits per heavy atom. The Morgan fingerprint density at radius 1 is 0.950 bits per heavy atom. The third-order valence-electron chi connectivity index (χ3n) is 2.45. The molecule has 1 aromatic rings. The molecule has 0 unspecified atom stereocenters. The van der Waals surface area contributed by atoms with Gasteiger partial charge in [0.15, 0.2) is 0 Å². The molecule has 1 aromatic carbocycles. The van der Waals surface area contributed by atoms with Gasteiger partial charge >= 0.3 is 0 Å². The average Bonchev–Trinajstić information content (AvgIpc) is 2.43. The molecular formula is C14H20BrClO4. The minimum Gasteiger partial charge on any atom is -0.382 e. The van der Waals surface area contributed by atoms with Gasteiger partial charge in [-0.2, -0.15) is 0 Å². The minimum absolute atomic E-state index is 0.486. The van der Waals surface area contributed by atoms with Crippen molar-refractivity contribution >= 4 is 27.5 Å². The van der Waals surface area contributed by atoms with Crippen LogP contribution in [0.2, 0.25) is 5.02 Å². The molecule has 0 saturated heterocycles. The molecule has 0 atom stereocenters. The third kappa shape index (κ3) is 8.19. The van der Waals surface area contributed by atoms with Crippen LogP contribution < -0.4 is 0 Å². The van der Waals surface area contributed by atoms with Crippen LogP contribution >= 0.6 is 27.5 Å². The lowest BCUT2D eigenvalue weighted by Crippen LogP contribution is -2.11. The summed E-state index contributed by atoms with van der Waals surface area (Å²) < 4.78 is 22.0. The van der Waals surface area contributed by atoms with E-state index in [1.54, 1.807) is 7.11 Å². The van der Waals surface area contributed by atoms with Crippen LogP contribution in [0.4, 0.5) is 0 Å². The van der Waals surface area contributed by atoms with E-state index >= 15 is 0 Å². The Bertz CT molecular complexity index is 376. The number of hydrogen-bond acceptors (Lipinski definition) is 4. The standard InChI is InChI=1S/C14H20BrClO4/c1-17-4-5-18-6-7-19-8-9-20-11-12-2-3-13(15)10-14(12)16/h2-3,10H,4-9,11H2,1H3. The zero-order valence-electron chi connectivity index (χ0n) is 11.6. The predicted octanol–water partition coefficient (Wildman–Crippen LogP) is 3.30. The van der Waals surface area contributed by atoms with Crippen LogP contribution in [0.5, 0.6) is 0 Å². The third-order valence-corrected chi connectivity index (χ3v) is 3.29. The van der Waals surface area contributed by atoms with E-state index in [1.807, 2.05) is 18.2 Å². The summed E-state index contributed by atoms with van der Waals surface area (Å²) in [6.45, 7) is 3.90. The lowest BCUT2D eigenvalue weighted by molar-refractivity contribution is 0.000877. The summed E-state index contributed by atoms with van der Waals surface area (Å²) in [5.74, 6) is 0. The molecule has 0 bridgehead atoms. The van der Waals surface area contributed by atoms with Gasteiger partial charge in [0.2, 0.25) is 0 Å². The maximum atomic E-state index is 6.08. The largest absolute Gasteiger partial charge is 0.382 e. The Kier molecular flexibility index (Phi) is 10.3. The van der Waals surface area contributed by atoms with Crippen molar-refractivity contribution in [2.24, 2.45) is 0 Å². The van der Waals surface area contributed by atoms with Gasteiger partial charge in [-0.05, 0) is 17.7 Å². The van der Waals surface area contributed by atoms with Crippen molar-refractivity contribution in [1.82, 2.24) is 0 Å². The zero-order valence-corrected chi connectivity index (χ0v) is 13.9. The normalized spacial score (nSPS) is 10.9. The lowest BCUT2D eigenvalue weighted by atomic mass is 10.2. The SMILES string of the molecule is COCCOCCOCCOCc1ccc(Br)cc1Cl. The van der Waals surface area contributed by atoms with Crippen LogP contribution in [0.1, 0.15) is 5.56 Å². The molecule has 0 saturated carbocycles. The molecule has 0 aromatic heterocycles. The molecule has 0 aliphatic rings. The molecular weight excluding hydrogens is 348 g/mol. The van der Waals surface area contributed by atoms with Crippen molar-refractivity contribution in [3.8, 4) is 0 Å². The van der Waals surface area contributed by atoms with Crippen molar-refractivity contribution < 1.29 is 18.9 Å². The first-order valence-corrected chi connectivity index (χ1v) is 7.57. The molecule has 0 fully saturated rings. The van der Waals surface area contributed by atoms with E-state index in [0.717, 1.165) is 10.0 Å². The zero-order chi connectivity index (χ0) is 14.6. The maximum Gasteiger partial charge on any atom is 0.0732 e. The summed E-state index contributed by atoms with van der Waals surface area (Å²) in [5.41, 5.74) is 0.970. The van der Waals surface area contributed by atoms with Gasteiger partial charge in [0.05, 0.1) is 46.2 Å². The van der Waals surface area contributed by atoms with E-state index in [0.29, 0.717) is 51.3 Å². The van der Waals surface area contributed by atoms with Gasteiger partial charge in [-0.3, -0.25) is 0 Å². The molecule has 0 radical (unpaired) electrons. The highest BCUT2D eigenvalue weighted by Gasteiger charge is 2.01. The molecule has 0 spiro atoms. The molecule has 6 heteroatoms. The average molecular weight is 368 g/mol. The first-order chi connectivity index (χ1) is 9.74. The van der Waals surface area contributed by atoms with Crippen molar-refractivity contribution in [3.63, 3.8) is 0 Å². The number of rotatable bonds is 11. The van der Waals surface area contributed by atoms with Gasteiger partial charge in [-0.25, -0.2) is 0 Å². The Morgan fingerprint density at radius 2 is 1.55 bits per heavy atom. The Hall–Kier alpha value is -0.170. The molecule has 4 nitrogen and oxygen atoms in total. The van der Waals surface area contributed by atoms with Crippen LogP contribution in [0.15, 0.2) is 22.7 Å². The van der Waals surface area contributed by atoms with Crippen LogP contribution in [-0.2, 0) is 25.6 Å². The van der Waals surface area contributed by atoms with Crippen LogP contribution in [0.25, 0.3) is 0 Å². The van der Waals surface area contributed by atoms with Crippen LogP contribution in [0, 0.1) is 0 Å². The molecule has 0 aliphatic carbocycles. The summed E-state index contributed by atoms with van der Waals surface area (Å²) >= 11 is 9.45. The number of methoxy groups -OCH3 is 1. The highest BCUT2D eigenvalue weighted by atomic mass is 79.9. The fraction of sp³-hybridized carbons (Fsp3) is 0.571. The van der Waals surface area contributed by atoms with Gasteiger partial charge in [0.25, 0.3) is 0 Å². The first-order valence-electron chi connectivity index (χ1n) is 6.40. The molecule has 0 heterocycles. The second-order valence-corrected chi connectivity index (χ2v) is 5.33. The second-order valence-electron chi connectivity index (χ2n) is 4.01. The fourth-order valence-corrected chi connectivity index (χ4v) is 2.13. The van der Waals surface area contributed by atoms with Gasteiger partial charge in [-0.15, -0.1) is 0 Å². The Balaban J connectivity index is 1.97. The lowest BCUT2D eigenvalue weighted by Gasteiger charge is -2.08. The quantitative estimate of drug-likeness (QED) is 0.562. The van der Waals surface area contributed by atoms with Crippen molar-refractivity contribution in [2.75, 3.05) is 46.8 Å². The molecule has 1 rings (SSSR count). The summed E-state index contributed by atoms with van der Waals surface area (Å²) in [5, 5.41) is 0.701. The minimum atomic E-state index is 0.486. The molecule has 0 amide bonds. The van der Waals surface area contributed by atoms with E-state index in [4.69, 9.17) is 30.5 Å². The van der Waals surface area contributed by atoms with Gasteiger partial charge in [0.1, 0.15) is 0 Å². The molecule has 0 N–H and O–H groups in total. The van der Waals surface area contributed by atoms with E-state index in [9.17, 15) is 0 Å². The summed E-state index contributed by atoms with van der Waals surface area (Å²) in [6, 6.07) is 5.74. The van der Waals surface area contributed by atoms with Crippen molar-refractivity contribution in [2.45, 2.75) is 6.61 Å². The van der Waals surface area contributed by atoms with E-state index in [1.165, 1.54) is 0 Å². The summed E-state index contributed by atoms with van der Waals surface area (Å²) in [4.78, 5) is 0. The highest BCUT2D eigenvalue weighted by molar-refractivity contribution is 9.10. The van der Waals surface area contributed by atoms with Crippen LogP contribution in [-0.4, -0.2) is 46.8 Å². The van der Waals surface area contributed by atoms with Crippen molar-refractivity contribution in [3.05, 3.63) is 33.3 Å². The maximum absolute atomic E-state index is 6.08. The van der Waals surface area contributed by atoms with Gasteiger partial charge in [0, 0.05) is 16.6 Å². The van der Waals surface area contributed by atoms with E-state index in [2.05, 4.69) is 15.9 Å². The molecule has 0 aliphatic heterocycles. The summed E-state index contributed by atoms with van der Waals surface area (Å²) in [6.07, 6.45) is 0. The second kappa shape index (κ2) is 11.5. The van der Waals surface area contributed by atoms with E-state index < -0.39 is 0 Å². The Labute approximate surface area is 133 Å². The predicted molar refractivity (Wildman–Crippen MR) is 82.3 cm³/mol. The van der Waals surface area contributed by atoms with E-state index in [-0.39, 0.29) is 0 Å².